The molecule has 0 aliphatic carbocycles. The first-order valence-electron chi connectivity index (χ1n) is 6.24. The molecule has 0 saturated carbocycles. The van der Waals surface area contributed by atoms with Crippen LogP contribution in [0.25, 0.3) is 0 Å². The fourth-order valence-electron chi connectivity index (χ4n) is 2.35. The molecule has 1 aromatic heterocycles. The van der Waals surface area contributed by atoms with E-state index in [-0.39, 0.29) is 22.7 Å². The van der Waals surface area contributed by atoms with E-state index in [0.717, 1.165) is 12.8 Å². The number of nitrogens with zero attached hydrogens (tertiary/aromatic N) is 3. The first-order chi connectivity index (χ1) is 8.96. The minimum Gasteiger partial charge on any atom is -0.396 e. The lowest BCUT2D eigenvalue weighted by Crippen LogP contribution is -2.40. The Kier molecular flexibility index (Phi) is 4.50. The predicted octanol–water partition coefficient (Wildman–Crippen LogP) is 0.857. The number of piperidine rings is 1. The van der Waals surface area contributed by atoms with E-state index in [1.807, 2.05) is 0 Å². The van der Waals surface area contributed by atoms with Crippen molar-refractivity contribution in [3.8, 4) is 0 Å². The molecule has 6 nitrogen and oxygen atoms in total. The van der Waals surface area contributed by atoms with Gasteiger partial charge in [0, 0.05) is 26.7 Å². The van der Waals surface area contributed by atoms with E-state index in [9.17, 15) is 8.42 Å². The van der Waals surface area contributed by atoms with Gasteiger partial charge in [-0.2, -0.15) is 4.31 Å². The van der Waals surface area contributed by atoms with Crippen LogP contribution in [0.1, 0.15) is 19.3 Å². The molecule has 0 aromatic carbocycles. The van der Waals surface area contributed by atoms with Crippen LogP contribution in [-0.2, 0) is 17.1 Å². The topological polar surface area (TPSA) is 75.4 Å². The molecule has 0 bridgehead atoms. The molecule has 0 spiro atoms. The maximum Gasteiger partial charge on any atom is 0.263 e. The SMILES string of the molecule is Cn1cnc(S(=O)(=O)N2CCCC(CCO)C2)c1Cl. The number of aromatic nitrogens is 2. The van der Waals surface area contributed by atoms with E-state index >= 15 is 0 Å². The van der Waals surface area contributed by atoms with E-state index in [1.165, 1.54) is 15.2 Å². The Morgan fingerprint density at radius 3 is 2.89 bits per heavy atom. The zero-order valence-corrected chi connectivity index (χ0v) is 12.4. The quantitative estimate of drug-likeness (QED) is 0.895. The average molecular weight is 308 g/mol. The highest BCUT2D eigenvalue weighted by atomic mass is 35.5. The van der Waals surface area contributed by atoms with Crippen LogP contribution in [0, 0.1) is 5.92 Å². The first kappa shape index (κ1) is 14.8. The highest BCUT2D eigenvalue weighted by Crippen LogP contribution is 2.27. The molecule has 8 heteroatoms. The summed E-state index contributed by atoms with van der Waals surface area (Å²) >= 11 is 5.96. The Morgan fingerprint density at radius 1 is 1.58 bits per heavy atom. The first-order valence-corrected chi connectivity index (χ1v) is 8.06. The normalized spacial score (nSPS) is 21.7. The standard InChI is InChI=1S/C11H18ClN3O3S/c1-14-8-13-11(10(14)12)19(17,18)15-5-2-3-9(7-15)4-6-16/h8-9,16H,2-7H2,1H3. The second-order valence-corrected chi connectivity index (χ2v) is 7.05. The average Bonchev–Trinajstić information content (AvgIpc) is 2.71. The molecular weight excluding hydrogens is 290 g/mol. The van der Waals surface area contributed by atoms with Gasteiger partial charge in [0.05, 0.1) is 6.33 Å². The third kappa shape index (κ3) is 2.94. The summed E-state index contributed by atoms with van der Waals surface area (Å²) in [5, 5.41) is 9.01. The molecule has 1 aliphatic heterocycles. The molecule has 1 aromatic rings. The molecule has 1 fully saturated rings. The molecule has 1 N–H and O–H groups in total. The van der Waals surface area contributed by atoms with Gasteiger partial charge in [-0.05, 0) is 25.2 Å². The molecule has 1 unspecified atom stereocenters. The summed E-state index contributed by atoms with van der Waals surface area (Å²) in [6, 6.07) is 0. The van der Waals surface area contributed by atoms with Gasteiger partial charge in [0.25, 0.3) is 10.0 Å². The largest absolute Gasteiger partial charge is 0.396 e. The van der Waals surface area contributed by atoms with Crippen LogP contribution in [0.3, 0.4) is 0 Å². The summed E-state index contributed by atoms with van der Waals surface area (Å²) in [5.74, 6) is 0.205. The van der Waals surface area contributed by atoms with Crippen molar-refractivity contribution in [1.82, 2.24) is 13.9 Å². The van der Waals surface area contributed by atoms with Gasteiger partial charge in [0.15, 0.2) is 0 Å². The number of halogens is 1. The van der Waals surface area contributed by atoms with Crippen LogP contribution in [0.4, 0.5) is 0 Å². The zero-order chi connectivity index (χ0) is 14.0. The fourth-order valence-corrected chi connectivity index (χ4v) is 4.30. The molecule has 1 saturated heterocycles. The smallest absolute Gasteiger partial charge is 0.263 e. The van der Waals surface area contributed by atoms with E-state index in [1.54, 1.807) is 7.05 Å². The van der Waals surface area contributed by atoms with E-state index in [4.69, 9.17) is 16.7 Å². The van der Waals surface area contributed by atoms with E-state index < -0.39 is 10.0 Å². The van der Waals surface area contributed by atoms with Gasteiger partial charge in [-0.15, -0.1) is 0 Å². The lowest BCUT2D eigenvalue weighted by molar-refractivity contribution is 0.202. The molecule has 1 atom stereocenters. The third-order valence-corrected chi connectivity index (χ3v) is 5.79. The third-order valence-electron chi connectivity index (χ3n) is 3.44. The fraction of sp³-hybridized carbons (Fsp3) is 0.727. The van der Waals surface area contributed by atoms with Crippen LogP contribution in [0.15, 0.2) is 11.4 Å². The molecule has 0 amide bonds. The Balaban J connectivity index is 2.22. The van der Waals surface area contributed by atoms with Crippen molar-refractivity contribution < 1.29 is 13.5 Å². The summed E-state index contributed by atoms with van der Waals surface area (Å²) in [6.07, 6.45) is 3.77. The van der Waals surface area contributed by atoms with Gasteiger partial charge in [0.1, 0.15) is 5.15 Å². The molecular formula is C11H18ClN3O3S. The number of aliphatic hydroxyl groups excluding tert-OH is 1. The Labute approximate surface area is 118 Å². The van der Waals surface area contributed by atoms with Crippen molar-refractivity contribution in [2.24, 2.45) is 13.0 Å². The van der Waals surface area contributed by atoms with Gasteiger partial charge in [-0.3, -0.25) is 0 Å². The second-order valence-electron chi connectivity index (χ2n) is 4.84. The van der Waals surface area contributed by atoms with Crippen molar-refractivity contribution in [3.63, 3.8) is 0 Å². The maximum absolute atomic E-state index is 12.5. The molecule has 2 rings (SSSR count). The van der Waals surface area contributed by atoms with Crippen molar-refractivity contribution >= 4 is 21.6 Å². The summed E-state index contributed by atoms with van der Waals surface area (Å²) in [6.45, 7) is 0.996. The summed E-state index contributed by atoms with van der Waals surface area (Å²) < 4.78 is 27.8. The minimum absolute atomic E-state index is 0.0821. The molecule has 1 aliphatic rings. The van der Waals surface area contributed by atoms with Crippen LogP contribution >= 0.6 is 11.6 Å². The Bertz CT molecular complexity index is 541. The van der Waals surface area contributed by atoms with Crippen molar-refractivity contribution in [3.05, 3.63) is 11.5 Å². The predicted molar refractivity (Wildman–Crippen MR) is 71.4 cm³/mol. The maximum atomic E-state index is 12.5. The number of sulfonamides is 1. The minimum atomic E-state index is -3.64. The van der Waals surface area contributed by atoms with E-state index in [0.29, 0.717) is 19.5 Å². The van der Waals surface area contributed by atoms with Crippen LogP contribution in [0.2, 0.25) is 5.15 Å². The number of hydrogen-bond acceptors (Lipinski definition) is 4. The monoisotopic (exact) mass is 307 g/mol. The Hall–Kier alpha value is -0.630. The highest BCUT2D eigenvalue weighted by molar-refractivity contribution is 7.89. The number of aryl methyl sites for hydroxylation is 1. The van der Waals surface area contributed by atoms with Crippen LogP contribution in [-0.4, -0.2) is 47.1 Å². The van der Waals surface area contributed by atoms with Gasteiger partial charge >= 0.3 is 0 Å². The van der Waals surface area contributed by atoms with Gasteiger partial charge in [-0.1, -0.05) is 11.6 Å². The summed E-state index contributed by atoms with van der Waals surface area (Å²) in [7, 11) is -1.98. The summed E-state index contributed by atoms with van der Waals surface area (Å²) in [5.41, 5.74) is 0. The highest BCUT2D eigenvalue weighted by Gasteiger charge is 2.33. The molecule has 108 valence electrons. The van der Waals surface area contributed by atoms with Crippen molar-refractivity contribution in [1.29, 1.82) is 0 Å². The van der Waals surface area contributed by atoms with Crippen molar-refractivity contribution in [2.45, 2.75) is 24.3 Å². The second kappa shape index (κ2) is 5.78. The summed E-state index contributed by atoms with van der Waals surface area (Å²) in [4.78, 5) is 3.89. The number of rotatable bonds is 4. The van der Waals surface area contributed by atoms with Crippen molar-refractivity contribution in [2.75, 3.05) is 19.7 Å². The van der Waals surface area contributed by atoms with E-state index in [2.05, 4.69) is 4.98 Å². The van der Waals surface area contributed by atoms with Gasteiger partial charge in [0.2, 0.25) is 5.03 Å². The lowest BCUT2D eigenvalue weighted by atomic mass is 9.97. The Morgan fingerprint density at radius 2 is 2.32 bits per heavy atom. The zero-order valence-electron chi connectivity index (χ0n) is 10.8. The van der Waals surface area contributed by atoms with Gasteiger partial charge in [-0.25, -0.2) is 13.4 Å². The number of aliphatic hydroxyl groups is 1. The van der Waals surface area contributed by atoms with Crippen LogP contribution in [0.5, 0.6) is 0 Å². The molecule has 2 heterocycles. The van der Waals surface area contributed by atoms with Gasteiger partial charge < -0.3 is 9.67 Å². The lowest BCUT2D eigenvalue weighted by Gasteiger charge is -2.31. The number of imidazole rings is 1. The van der Waals surface area contributed by atoms with Crippen LogP contribution < -0.4 is 0 Å². The molecule has 0 radical (unpaired) electrons. The molecule has 19 heavy (non-hydrogen) atoms. The number of hydrogen-bond donors (Lipinski definition) is 1.